The Morgan fingerprint density at radius 2 is 2.19 bits per heavy atom. The van der Waals surface area contributed by atoms with E-state index in [1.54, 1.807) is 0 Å². The highest BCUT2D eigenvalue weighted by atomic mass is 35.5. The first kappa shape index (κ1) is 19.9. The summed E-state index contributed by atoms with van der Waals surface area (Å²) in [6, 6.07) is 1.69. The van der Waals surface area contributed by atoms with Crippen LogP contribution in [0.3, 0.4) is 0 Å². The zero-order valence-corrected chi connectivity index (χ0v) is 16.2. The zero-order valence-electron chi connectivity index (χ0n) is 14.6. The van der Waals surface area contributed by atoms with Gasteiger partial charge in [0.15, 0.2) is 5.75 Å². The minimum Gasteiger partial charge on any atom is -0.504 e. The number of urea groups is 1. The van der Waals surface area contributed by atoms with Gasteiger partial charge in [0.2, 0.25) is 14.8 Å². The van der Waals surface area contributed by atoms with Gasteiger partial charge in [-0.05, 0) is 31.9 Å². The number of carbonyl (C=O) groups excluding carboxylic acids is 1. The number of benzene rings is 1. The lowest BCUT2D eigenvalue weighted by Crippen LogP contribution is -2.37. The smallest absolute Gasteiger partial charge is 0.319 e. The van der Waals surface area contributed by atoms with Gasteiger partial charge in [-0.2, -0.15) is 0 Å². The average Bonchev–Trinajstić information content (AvgIpc) is 3.20. The summed E-state index contributed by atoms with van der Waals surface area (Å²) in [6.07, 6.45) is 3.26. The fraction of sp³-hybridized carbons (Fsp3) is 0.471. The highest BCUT2D eigenvalue weighted by molar-refractivity contribution is 7.93. The van der Waals surface area contributed by atoms with E-state index in [1.165, 1.54) is 12.1 Å². The molecule has 1 unspecified atom stereocenters. The van der Waals surface area contributed by atoms with Gasteiger partial charge in [0.25, 0.3) is 0 Å². The average molecular weight is 419 g/mol. The lowest BCUT2D eigenvalue weighted by Gasteiger charge is -2.21. The molecule has 7 nitrogen and oxygen atoms in total. The fourth-order valence-electron chi connectivity index (χ4n) is 3.17. The molecule has 1 aliphatic heterocycles. The first-order chi connectivity index (χ1) is 12.7. The normalized spacial score (nSPS) is 25.3. The Morgan fingerprint density at radius 3 is 2.78 bits per heavy atom. The van der Waals surface area contributed by atoms with Crippen molar-refractivity contribution in [1.29, 1.82) is 0 Å². The fourth-order valence-corrected chi connectivity index (χ4v) is 5.27. The maximum absolute atomic E-state index is 14.9. The minimum atomic E-state index is -4.64. The van der Waals surface area contributed by atoms with Crippen LogP contribution in [0.1, 0.15) is 26.2 Å². The van der Waals surface area contributed by atoms with Gasteiger partial charge < -0.3 is 20.5 Å². The molecule has 0 aromatic heterocycles. The molecule has 148 valence electrons. The lowest BCUT2D eigenvalue weighted by atomic mass is 10.2. The molecule has 1 saturated heterocycles. The maximum atomic E-state index is 14.9. The van der Waals surface area contributed by atoms with E-state index in [4.69, 9.17) is 16.3 Å². The van der Waals surface area contributed by atoms with Crippen LogP contribution >= 0.6 is 11.6 Å². The van der Waals surface area contributed by atoms with E-state index >= 15 is 0 Å². The molecule has 3 N–H and O–H groups in total. The monoisotopic (exact) mass is 418 g/mol. The Hall–Kier alpha value is -1.84. The standard InChI is InChI=1S/C17H20ClFN2O5S/c1-10-3-2-4-12(10)20-16(23)21-13-6-5-11(18)15(14(13)22)27(24,25)17(19)7-8-26-9-17/h3,5-6,12,22H,2,4,7-9H2,1H3,(H2,20,21,23)/t12-,17?/m1/s1. The molecule has 1 aromatic rings. The Bertz CT molecular complexity index is 897. The summed E-state index contributed by atoms with van der Waals surface area (Å²) in [4.78, 5) is 11.4. The van der Waals surface area contributed by atoms with E-state index in [0.29, 0.717) is 0 Å². The first-order valence-corrected chi connectivity index (χ1v) is 10.3. The quantitative estimate of drug-likeness (QED) is 0.514. The molecule has 0 radical (unpaired) electrons. The third kappa shape index (κ3) is 3.63. The third-order valence-corrected chi connectivity index (χ3v) is 7.46. The van der Waals surface area contributed by atoms with Crippen LogP contribution < -0.4 is 10.6 Å². The van der Waals surface area contributed by atoms with Crippen LogP contribution in [-0.2, 0) is 14.6 Å². The van der Waals surface area contributed by atoms with Gasteiger partial charge in [-0.3, -0.25) is 0 Å². The molecule has 0 bridgehead atoms. The Kier molecular flexibility index (Phi) is 5.38. The molecule has 0 saturated carbocycles. The van der Waals surface area contributed by atoms with Gasteiger partial charge in [0.1, 0.15) is 4.90 Å². The van der Waals surface area contributed by atoms with Crippen LogP contribution in [0.5, 0.6) is 5.75 Å². The molecule has 3 rings (SSSR count). The Labute approximate surface area is 161 Å². The number of alkyl halides is 1. The number of allylic oxidation sites excluding steroid dienone is 1. The molecule has 1 aliphatic carbocycles. The van der Waals surface area contributed by atoms with Crippen molar-refractivity contribution in [2.75, 3.05) is 18.5 Å². The summed E-state index contributed by atoms with van der Waals surface area (Å²) in [5.74, 6) is -0.805. The van der Waals surface area contributed by atoms with Crippen molar-refractivity contribution < 1.29 is 27.4 Å². The topological polar surface area (TPSA) is 105 Å². The Morgan fingerprint density at radius 1 is 1.44 bits per heavy atom. The Balaban J connectivity index is 1.87. The summed E-state index contributed by atoms with van der Waals surface area (Å²) < 4.78 is 45.2. The number of rotatable bonds is 4. The van der Waals surface area contributed by atoms with Crippen molar-refractivity contribution in [3.05, 3.63) is 28.8 Å². The van der Waals surface area contributed by atoms with Gasteiger partial charge in [-0.25, -0.2) is 17.6 Å². The second kappa shape index (κ2) is 7.29. The molecule has 2 atom stereocenters. The van der Waals surface area contributed by atoms with Gasteiger partial charge >= 0.3 is 6.03 Å². The highest BCUT2D eigenvalue weighted by Gasteiger charge is 2.50. The number of hydrogen-bond donors (Lipinski definition) is 3. The van der Waals surface area contributed by atoms with Crippen molar-refractivity contribution in [3.8, 4) is 5.75 Å². The molecule has 2 amide bonds. The lowest BCUT2D eigenvalue weighted by molar-refractivity contribution is 0.157. The minimum absolute atomic E-state index is 0.0529. The van der Waals surface area contributed by atoms with Crippen molar-refractivity contribution in [1.82, 2.24) is 5.32 Å². The predicted octanol–water partition coefficient (Wildman–Crippen LogP) is 3.14. The largest absolute Gasteiger partial charge is 0.504 e. The van der Waals surface area contributed by atoms with Crippen LogP contribution in [0.15, 0.2) is 28.7 Å². The van der Waals surface area contributed by atoms with E-state index in [9.17, 15) is 22.7 Å². The number of aromatic hydroxyl groups is 1. The van der Waals surface area contributed by atoms with Crippen molar-refractivity contribution in [3.63, 3.8) is 0 Å². The number of nitrogens with one attached hydrogen (secondary N) is 2. The van der Waals surface area contributed by atoms with E-state index in [-0.39, 0.29) is 29.8 Å². The number of phenolic OH excluding ortho intramolecular Hbond substituents is 1. The molecule has 2 aliphatic rings. The van der Waals surface area contributed by atoms with Crippen LogP contribution in [-0.4, -0.2) is 43.8 Å². The van der Waals surface area contributed by atoms with Gasteiger partial charge in [0.05, 0.1) is 30.0 Å². The molecular formula is C17H20ClFN2O5S. The molecule has 1 fully saturated rings. The second-order valence-electron chi connectivity index (χ2n) is 6.64. The van der Waals surface area contributed by atoms with E-state index < -0.39 is 38.1 Å². The van der Waals surface area contributed by atoms with Crippen molar-refractivity contribution in [2.45, 2.75) is 42.1 Å². The number of ether oxygens (including phenoxy) is 1. The summed E-state index contributed by atoms with van der Waals surface area (Å²) in [5, 5.41) is 12.5. The van der Waals surface area contributed by atoms with Crippen molar-refractivity contribution in [2.24, 2.45) is 0 Å². The van der Waals surface area contributed by atoms with Gasteiger partial charge in [-0.15, -0.1) is 0 Å². The molecule has 1 heterocycles. The zero-order chi connectivity index (χ0) is 19.8. The first-order valence-electron chi connectivity index (χ1n) is 8.42. The van der Waals surface area contributed by atoms with E-state index in [1.807, 2.05) is 13.0 Å². The predicted molar refractivity (Wildman–Crippen MR) is 98.5 cm³/mol. The maximum Gasteiger partial charge on any atom is 0.319 e. The molecule has 27 heavy (non-hydrogen) atoms. The second-order valence-corrected chi connectivity index (χ2v) is 9.19. The highest BCUT2D eigenvalue weighted by Crippen LogP contribution is 2.44. The van der Waals surface area contributed by atoms with Gasteiger partial charge in [-0.1, -0.05) is 23.3 Å². The molecule has 0 spiro atoms. The summed E-state index contributed by atoms with van der Waals surface area (Å²) in [7, 11) is -4.64. The number of anilines is 1. The SMILES string of the molecule is CC1=CCC[C@H]1NC(=O)Nc1ccc(Cl)c(S(=O)(=O)C2(F)CCOC2)c1O. The summed E-state index contributed by atoms with van der Waals surface area (Å²) in [5.41, 5.74) is 0.840. The number of phenols is 1. The molecule has 1 aromatic carbocycles. The molecule has 10 heteroatoms. The number of carbonyl (C=O) groups is 1. The van der Waals surface area contributed by atoms with Crippen LogP contribution in [0.25, 0.3) is 0 Å². The summed E-state index contributed by atoms with van der Waals surface area (Å²) >= 11 is 5.94. The number of hydrogen-bond acceptors (Lipinski definition) is 5. The van der Waals surface area contributed by atoms with Gasteiger partial charge in [0, 0.05) is 6.42 Å². The number of sulfone groups is 1. The van der Waals surface area contributed by atoms with Crippen LogP contribution in [0, 0.1) is 0 Å². The number of halogens is 2. The summed E-state index contributed by atoms with van der Waals surface area (Å²) in [6.45, 7) is 1.20. The van der Waals surface area contributed by atoms with Crippen molar-refractivity contribution >= 4 is 33.2 Å². The van der Waals surface area contributed by atoms with Crippen LogP contribution in [0.2, 0.25) is 5.02 Å². The van der Waals surface area contributed by atoms with E-state index in [0.717, 1.165) is 18.4 Å². The van der Waals surface area contributed by atoms with E-state index in [2.05, 4.69) is 10.6 Å². The van der Waals surface area contributed by atoms with Crippen LogP contribution in [0.4, 0.5) is 14.9 Å². The third-order valence-electron chi connectivity index (χ3n) is 4.80. The molecular weight excluding hydrogens is 399 g/mol. The number of amides is 2.